The Kier molecular flexibility index (Phi) is 3.89. The lowest BCUT2D eigenvalue weighted by Crippen LogP contribution is -2.37. The molecule has 0 bridgehead atoms. The maximum Gasteiger partial charge on any atom is 0.293 e. The summed E-state index contributed by atoms with van der Waals surface area (Å²) in [6.45, 7) is 2.13. The third kappa shape index (κ3) is 2.85. The van der Waals surface area contributed by atoms with Gasteiger partial charge in [0.25, 0.3) is 5.91 Å². The standard InChI is InChI=1S/C15H20N6O/c1-19(2)8-11-6-16-7-12-9-21(5-4-13(11)12)15(22)14-17-10-20(3)18-14/h6-7,10H,4-5,8-9H2,1-3H3. The highest BCUT2D eigenvalue weighted by atomic mass is 16.2. The molecule has 1 aliphatic heterocycles. The fourth-order valence-corrected chi connectivity index (χ4v) is 2.80. The topological polar surface area (TPSA) is 67.2 Å². The van der Waals surface area contributed by atoms with Crippen LogP contribution in [-0.2, 0) is 26.6 Å². The molecule has 0 radical (unpaired) electrons. The Hall–Kier alpha value is -2.28. The lowest BCUT2D eigenvalue weighted by molar-refractivity contribution is 0.0721. The molecule has 0 unspecified atom stereocenters. The number of aromatic nitrogens is 4. The minimum absolute atomic E-state index is 0.121. The van der Waals surface area contributed by atoms with Crippen molar-refractivity contribution in [3.63, 3.8) is 0 Å². The number of carbonyl (C=O) groups is 1. The van der Waals surface area contributed by atoms with Crippen molar-refractivity contribution in [1.82, 2.24) is 29.5 Å². The molecule has 1 aliphatic rings. The van der Waals surface area contributed by atoms with Gasteiger partial charge >= 0.3 is 0 Å². The van der Waals surface area contributed by atoms with E-state index in [4.69, 9.17) is 0 Å². The molecule has 116 valence electrons. The van der Waals surface area contributed by atoms with E-state index in [9.17, 15) is 4.79 Å². The first-order valence-corrected chi connectivity index (χ1v) is 7.29. The van der Waals surface area contributed by atoms with Gasteiger partial charge < -0.3 is 9.80 Å². The van der Waals surface area contributed by atoms with Crippen LogP contribution in [0.4, 0.5) is 0 Å². The predicted octanol–water partition coefficient (Wildman–Crippen LogP) is 0.470. The normalized spacial score (nSPS) is 14.3. The third-order valence-electron chi connectivity index (χ3n) is 3.79. The molecule has 2 aromatic rings. The van der Waals surface area contributed by atoms with E-state index in [0.717, 1.165) is 18.5 Å². The van der Waals surface area contributed by atoms with Crippen molar-refractivity contribution in [2.24, 2.45) is 7.05 Å². The second kappa shape index (κ2) is 5.84. The third-order valence-corrected chi connectivity index (χ3v) is 3.79. The lowest BCUT2D eigenvalue weighted by atomic mass is 9.97. The molecule has 3 rings (SSSR count). The SMILES string of the molecule is CN(C)Cc1cncc2c1CCN(C(=O)c1ncn(C)n1)C2. The number of carbonyl (C=O) groups excluding carboxylic acids is 1. The average molecular weight is 300 g/mol. The van der Waals surface area contributed by atoms with Gasteiger partial charge in [0.1, 0.15) is 6.33 Å². The summed E-state index contributed by atoms with van der Waals surface area (Å²) in [4.78, 5) is 24.7. The van der Waals surface area contributed by atoms with E-state index in [-0.39, 0.29) is 11.7 Å². The number of fused-ring (bicyclic) bond motifs is 1. The zero-order valence-electron chi connectivity index (χ0n) is 13.2. The Labute approximate surface area is 129 Å². The van der Waals surface area contributed by atoms with Gasteiger partial charge in [-0.2, -0.15) is 0 Å². The van der Waals surface area contributed by atoms with E-state index in [1.165, 1.54) is 11.1 Å². The van der Waals surface area contributed by atoms with E-state index in [1.54, 1.807) is 23.0 Å². The van der Waals surface area contributed by atoms with Crippen molar-refractivity contribution in [1.29, 1.82) is 0 Å². The fourth-order valence-electron chi connectivity index (χ4n) is 2.80. The summed E-state index contributed by atoms with van der Waals surface area (Å²) in [7, 11) is 5.85. The Morgan fingerprint density at radius 3 is 2.86 bits per heavy atom. The van der Waals surface area contributed by atoms with Gasteiger partial charge in [-0.3, -0.25) is 14.5 Å². The zero-order valence-corrected chi connectivity index (χ0v) is 13.2. The van der Waals surface area contributed by atoms with Gasteiger partial charge in [-0.15, -0.1) is 5.10 Å². The van der Waals surface area contributed by atoms with Crippen molar-refractivity contribution in [3.8, 4) is 0 Å². The number of aryl methyl sites for hydroxylation is 1. The Morgan fingerprint density at radius 1 is 1.36 bits per heavy atom. The molecule has 0 aliphatic carbocycles. The molecule has 0 N–H and O–H groups in total. The maximum absolute atomic E-state index is 12.4. The van der Waals surface area contributed by atoms with Gasteiger partial charge in [0.15, 0.2) is 0 Å². The molecule has 0 aromatic carbocycles. The van der Waals surface area contributed by atoms with Crippen molar-refractivity contribution in [2.75, 3.05) is 20.6 Å². The van der Waals surface area contributed by atoms with Crippen molar-refractivity contribution >= 4 is 5.91 Å². The highest BCUT2D eigenvalue weighted by Crippen LogP contribution is 2.23. The Bertz CT molecular complexity index is 693. The largest absolute Gasteiger partial charge is 0.331 e. The fraction of sp³-hybridized carbons (Fsp3) is 0.467. The number of pyridine rings is 1. The van der Waals surface area contributed by atoms with Crippen LogP contribution < -0.4 is 0 Å². The minimum atomic E-state index is -0.121. The van der Waals surface area contributed by atoms with E-state index in [2.05, 4.69) is 20.0 Å². The minimum Gasteiger partial charge on any atom is -0.331 e. The first-order chi connectivity index (χ1) is 10.5. The number of rotatable bonds is 3. The van der Waals surface area contributed by atoms with E-state index >= 15 is 0 Å². The summed E-state index contributed by atoms with van der Waals surface area (Å²) in [5.74, 6) is 0.132. The smallest absolute Gasteiger partial charge is 0.293 e. The molecule has 0 fully saturated rings. The molecule has 7 nitrogen and oxygen atoms in total. The molecule has 3 heterocycles. The van der Waals surface area contributed by atoms with Crippen LogP contribution in [0.5, 0.6) is 0 Å². The van der Waals surface area contributed by atoms with Crippen LogP contribution in [0.15, 0.2) is 18.7 Å². The molecule has 22 heavy (non-hydrogen) atoms. The van der Waals surface area contributed by atoms with Gasteiger partial charge in [0, 0.05) is 39.1 Å². The first kappa shape index (κ1) is 14.6. The van der Waals surface area contributed by atoms with E-state index in [0.29, 0.717) is 13.1 Å². The van der Waals surface area contributed by atoms with Crippen LogP contribution in [0.25, 0.3) is 0 Å². The Balaban J connectivity index is 1.81. The molecular weight excluding hydrogens is 280 g/mol. The number of amides is 1. The van der Waals surface area contributed by atoms with Crippen molar-refractivity contribution < 1.29 is 4.79 Å². The molecule has 7 heteroatoms. The number of nitrogens with zero attached hydrogens (tertiary/aromatic N) is 6. The maximum atomic E-state index is 12.4. The molecule has 1 amide bonds. The van der Waals surface area contributed by atoms with Crippen molar-refractivity contribution in [2.45, 2.75) is 19.5 Å². The molecule has 0 saturated carbocycles. The van der Waals surface area contributed by atoms with Gasteiger partial charge in [-0.1, -0.05) is 0 Å². The van der Waals surface area contributed by atoms with E-state index in [1.807, 2.05) is 26.5 Å². The molecule has 0 atom stereocenters. The average Bonchev–Trinajstić information content (AvgIpc) is 2.92. The van der Waals surface area contributed by atoms with Crippen LogP contribution in [0.3, 0.4) is 0 Å². The number of hydrogen-bond acceptors (Lipinski definition) is 5. The van der Waals surface area contributed by atoms with Gasteiger partial charge in [0.2, 0.25) is 5.82 Å². The summed E-state index contributed by atoms with van der Waals surface area (Å²) >= 11 is 0. The van der Waals surface area contributed by atoms with Crippen LogP contribution in [-0.4, -0.2) is 56.1 Å². The highest BCUT2D eigenvalue weighted by Gasteiger charge is 2.25. The summed E-state index contributed by atoms with van der Waals surface area (Å²) in [5.41, 5.74) is 3.68. The van der Waals surface area contributed by atoms with Crippen LogP contribution in [0, 0.1) is 0 Å². The highest BCUT2D eigenvalue weighted by molar-refractivity contribution is 5.90. The monoisotopic (exact) mass is 300 g/mol. The van der Waals surface area contributed by atoms with Gasteiger partial charge in [0.05, 0.1) is 0 Å². The van der Waals surface area contributed by atoms with E-state index < -0.39 is 0 Å². The summed E-state index contributed by atoms with van der Waals surface area (Å²) in [5, 5.41) is 4.09. The quantitative estimate of drug-likeness (QED) is 0.824. The first-order valence-electron chi connectivity index (χ1n) is 7.29. The van der Waals surface area contributed by atoms with Crippen LogP contribution >= 0.6 is 0 Å². The lowest BCUT2D eigenvalue weighted by Gasteiger charge is -2.29. The number of hydrogen-bond donors (Lipinski definition) is 0. The van der Waals surface area contributed by atoms with Gasteiger partial charge in [-0.25, -0.2) is 4.98 Å². The summed E-state index contributed by atoms with van der Waals surface area (Å²) in [6.07, 6.45) is 6.18. The van der Waals surface area contributed by atoms with Crippen molar-refractivity contribution in [3.05, 3.63) is 41.2 Å². The molecule has 2 aromatic heterocycles. The Morgan fingerprint density at radius 2 is 2.18 bits per heavy atom. The predicted molar refractivity (Wildman–Crippen MR) is 81.1 cm³/mol. The van der Waals surface area contributed by atoms with Crippen LogP contribution in [0.1, 0.15) is 27.3 Å². The molecule has 0 spiro atoms. The van der Waals surface area contributed by atoms with Gasteiger partial charge in [-0.05, 0) is 37.2 Å². The molecule has 0 saturated heterocycles. The summed E-state index contributed by atoms with van der Waals surface area (Å²) in [6, 6.07) is 0. The van der Waals surface area contributed by atoms with Crippen LogP contribution in [0.2, 0.25) is 0 Å². The second-order valence-corrected chi connectivity index (χ2v) is 5.89. The summed E-state index contributed by atoms with van der Waals surface area (Å²) < 4.78 is 1.54. The zero-order chi connectivity index (χ0) is 15.7. The second-order valence-electron chi connectivity index (χ2n) is 5.89. The molecular formula is C15H20N6O.